The molecule has 0 amide bonds. The summed E-state index contributed by atoms with van der Waals surface area (Å²) in [5, 5.41) is 2.54. The Morgan fingerprint density at radius 3 is 3.00 bits per heavy atom. The fraction of sp³-hybridized carbons (Fsp3) is 0.300. The van der Waals surface area contributed by atoms with E-state index in [4.69, 9.17) is 4.74 Å². The third-order valence-corrected chi connectivity index (χ3v) is 2.98. The van der Waals surface area contributed by atoms with Gasteiger partial charge in [-0.3, -0.25) is 9.89 Å². The molecule has 0 spiro atoms. The maximum Gasteiger partial charge on any atom is 0.341 e. The summed E-state index contributed by atoms with van der Waals surface area (Å²) in [7, 11) is 0. The standard InChI is InChI=1S/C10H10BrN3O3/c1-3-17-10(16)6-4-14-8(12-5(6)2)7(11)9(15)13-14/h4H,3H2,1-2H3,(H,13,15). The van der Waals surface area contributed by atoms with E-state index in [1.807, 2.05) is 0 Å². The smallest absolute Gasteiger partial charge is 0.341 e. The lowest BCUT2D eigenvalue weighted by Crippen LogP contribution is -2.10. The molecule has 0 aliphatic rings. The van der Waals surface area contributed by atoms with E-state index in [2.05, 4.69) is 26.0 Å². The first-order valence-corrected chi connectivity index (χ1v) is 5.78. The second kappa shape index (κ2) is 4.33. The summed E-state index contributed by atoms with van der Waals surface area (Å²) in [5.41, 5.74) is 1.000. The van der Waals surface area contributed by atoms with E-state index in [0.717, 1.165) is 0 Å². The number of nitrogens with zero attached hydrogens (tertiary/aromatic N) is 2. The fourth-order valence-corrected chi connectivity index (χ4v) is 1.83. The normalized spacial score (nSPS) is 10.8. The van der Waals surface area contributed by atoms with Crippen molar-refractivity contribution in [1.29, 1.82) is 0 Å². The summed E-state index contributed by atoms with van der Waals surface area (Å²) in [5.74, 6) is -0.454. The monoisotopic (exact) mass is 299 g/mol. The predicted molar refractivity (Wildman–Crippen MR) is 64.2 cm³/mol. The Morgan fingerprint density at radius 2 is 2.35 bits per heavy atom. The number of hydrogen-bond acceptors (Lipinski definition) is 4. The van der Waals surface area contributed by atoms with Gasteiger partial charge in [-0.05, 0) is 29.8 Å². The molecule has 0 saturated carbocycles. The van der Waals surface area contributed by atoms with Gasteiger partial charge >= 0.3 is 5.97 Å². The average Bonchev–Trinajstić information content (AvgIpc) is 2.55. The number of aromatic nitrogens is 3. The molecule has 0 bridgehead atoms. The van der Waals surface area contributed by atoms with Crippen molar-refractivity contribution in [2.24, 2.45) is 0 Å². The van der Waals surface area contributed by atoms with Crippen LogP contribution in [0.1, 0.15) is 23.0 Å². The molecule has 0 atom stereocenters. The number of carbonyl (C=O) groups is 1. The van der Waals surface area contributed by atoms with Crippen LogP contribution in [0.2, 0.25) is 0 Å². The quantitative estimate of drug-likeness (QED) is 0.847. The molecule has 1 N–H and O–H groups in total. The molecule has 0 unspecified atom stereocenters. The van der Waals surface area contributed by atoms with E-state index >= 15 is 0 Å². The number of hydrogen-bond donors (Lipinski definition) is 1. The number of esters is 1. The van der Waals surface area contributed by atoms with E-state index in [0.29, 0.717) is 28.0 Å². The molecule has 0 aliphatic carbocycles. The van der Waals surface area contributed by atoms with Gasteiger partial charge in [-0.15, -0.1) is 0 Å². The number of rotatable bonds is 2. The number of halogens is 1. The molecule has 0 radical (unpaired) electrons. The van der Waals surface area contributed by atoms with E-state index < -0.39 is 5.97 Å². The van der Waals surface area contributed by atoms with E-state index in [1.165, 1.54) is 10.7 Å². The predicted octanol–water partition coefficient (Wildman–Crippen LogP) is 1.27. The molecule has 0 fully saturated rings. The Morgan fingerprint density at radius 1 is 1.65 bits per heavy atom. The van der Waals surface area contributed by atoms with Gasteiger partial charge in [-0.1, -0.05) is 0 Å². The number of carbonyl (C=O) groups excluding carboxylic acids is 1. The third kappa shape index (κ3) is 1.97. The van der Waals surface area contributed by atoms with Crippen LogP contribution in [0, 0.1) is 6.92 Å². The highest BCUT2D eigenvalue weighted by molar-refractivity contribution is 9.10. The molecule has 2 aromatic heterocycles. The Labute approximate surface area is 105 Å². The van der Waals surface area contributed by atoms with Gasteiger partial charge in [0.25, 0.3) is 5.56 Å². The zero-order valence-electron chi connectivity index (χ0n) is 9.28. The van der Waals surface area contributed by atoms with Crippen molar-refractivity contribution in [3.8, 4) is 0 Å². The van der Waals surface area contributed by atoms with Gasteiger partial charge in [0.05, 0.1) is 17.9 Å². The summed E-state index contributed by atoms with van der Waals surface area (Å²) in [6, 6.07) is 0. The Bertz CT molecular complexity index is 644. The van der Waals surface area contributed by atoms with Crippen molar-refractivity contribution in [3.63, 3.8) is 0 Å². The lowest BCUT2D eigenvalue weighted by atomic mass is 10.2. The zero-order chi connectivity index (χ0) is 12.6. The Kier molecular flexibility index (Phi) is 3.01. The highest BCUT2D eigenvalue weighted by Gasteiger charge is 2.15. The van der Waals surface area contributed by atoms with Crippen LogP contribution in [-0.4, -0.2) is 27.2 Å². The number of H-pyrrole nitrogens is 1. The number of ether oxygens (including phenoxy) is 1. The molecule has 6 nitrogen and oxygen atoms in total. The van der Waals surface area contributed by atoms with Crippen molar-refractivity contribution >= 4 is 27.5 Å². The molecule has 90 valence electrons. The van der Waals surface area contributed by atoms with Crippen LogP contribution in [0.4, 0.5) is 0 Å². The largest absolute Gasteiger partial charge is 0.462 e. The summed E-state index contributed by atoms with van der Waals surface area (Å²) < 4.78 is 6.64. The van der Waals surface area contributed by atoms with Crippen molar-refractivity contribution in [2.75, 3.05) is 6.61 Å². The number of fused-ring (bicyclic) bond motifs is 1. The molecule has 0 saturated heterocycles. The first-order chi connectivity index (χ1) is 8.04. The van der Waals surface area contributed by atoms with Gasteiger partial charge in [0.1, 0.15) is 4.47 Å². The van der Waals surface area contributed by atoms with Crippen molar-refractivity contribution < 1.29 is 9.53 Å². The second-order valence-corrected chi connectivity index (χ2v) is 4.20. The zero-order valence-corrected chi connectivity index (χ0v) is 10.9. The second-order valence-electron chi connectivity index (χ2n) is 3.41. The van der Waals surface area contributed by atoms with E-state index in [-0.39, 0.29) is 5.56 Å². The van der Waals surface area contributed by atoms with Crippen LogP contribution in [0.3, 0.4) is 0 Å². The molecule has 17 heavy (non-hydrogen) atoms. The van der Waals surface area contributed by atoms with Gasteiger partial charge in [0, 0.05) is 6.20 Å². The number of aromatic amines is 1. The minimum atomic E-state index is -0.454. The SMILES string of the molecule is CCOC(=O)c1cn2[nH]c(=O)c(Br)c2nc1C. The first-order valence-electron chi connectivity index (χ1n) is 4.99. The van der Waals surface area contributed by atoms with Crippen molar-refractivity contribution in [2.45, 2.75) is 13.8 Å². The van der Waals surface area contributed by atoms with Gasteiger partial charge in [0.2, 0.25) is 0 Å². The molecule has 2 heterocycles. The van der Waals surface area contributed by atoms with Crippen molar-refractivity contribution in [3.05, 3.63) is 32.3 Å². The first kappa shape index (κ1) is 11.8. The van der Waals surface area contributed by atoms with Crippen LogP contribution >= 0.6 is 15.9 Å². The van der Waals surface area contributed by atoms with Gasteiger partial charge < -0.3 is 4.74 Å². The summed E-state index contributed by atoms with van der Waals surface area (Å²) in [4.78, 5) is 27.2. The summed E-state index contributed by atoms with van der Waals surface area (Å²) >= 11 is 3.13. The Hall–Kier alpha value is -1.63. The van der Waals surface area contributed by atoms with Crippen LogP contribution in [0.5, 0.6) is 0 Å². The van der Waals surface area contributed by atoms with Crippen molar-refractivity contribution in [1.82, 2.24) is 14.6 Å². The topological polar surface area (TPSA) is 76.5 Å². The summed E-state index contributed by atoms with van der Waals surface area (Å²) in [6.45, 7) is 3.71. The highest BCUT2D eigenvalue weighted by Crippen LogP contribution is 2.14. The van der Waals surface area contributed by atoms with Gasteiger partial charge in [-0.2, -0.15) is 0 Å². The summed E-state index contributed by atoms with van der Waals surface area (Å²) in [6.07, 6.45) is 1.50. The number of aryl methyl sites for hydroxylation is 1. The van der Waals surface area contributed by atoms with E-state index in [1.54, 1.807) is 13.8 Å². The van der Waals surface area contributed by atoms with Crippen LogP contribution in [-0.2, 0) is 4.74 Å². The fourth-order valence-electron chi connectivity index (χ4n) is 1.47. The Balaban J connectivity index is 2.64. The molecule has 0 aromatic carbocycles. The molecular weight excluding hydrogens is 290 g/mol. The molecule has 0 aliphatic heterocycles. The lowest BCUT2D eigenvalue weighted by Gasteiger charge is -2.05. The van der Waals surface area contributed by atoms with Crippen LogP contribution in [0.25, 0.3) is 5.65 Å². The maximum absolute atomic E-state index is 11.6. The van der Waals surface area contributed by atoms with Crippen LogP contribution in [0.15, 0.2) is 15.5 Å². The minimum absolute atomic E-state index is 0.294. The minimum Gasteiger partial charge on any atom is -0.462 e. The molecule has 7 heteroatoms. The lowest BCUT2D eigenvalue weighted by molar-refractivity contribution is 0.0524. The number of nitrogens with one attached hydrogen (secondary N) is 1. The average molecular weight is 300 g/mol. The van der Waals surface area contributed by atoms with E-state index in [9.17, 15) is 9.59 Å². The van der Waals surface area contributed by atoms with Crippen LogP contribution < -0.4 is 5.56 Å². The third-order valence-electron chi connectivity index (χ3n) is 2.26. The molecule has 2 aromatic rings. The maximum atomic E-state index is 11.6. The van der Waals surface area contributed by atoms with Gasteiger partial charge in [-0.25, -0.2) is 14.3 Å². The highest BCUT2D eigenvalue weighted by atomic mass is 79.9. The van der Waals surface area contributed by atoms with Gasteiger partial charge in [0.15, 0.2) is 5.65 Å². The molecule has 2 rings (SSSR count). The molecular formula is C10H10BrN3O3.